The van der Waals surface area contributed by atoms with Crippen LogP contribution in [0.3, 0.4) is 0 Å². The first-order valence-electron chi connectivity index (χ1n) is 5.73. The average molecular weight is 291 g/mol. The number of methoxy groups -OCH3 is 2. The SMILES string of the molecule is COc1ccc(C=Cc2ncc(C(=O)O)s2)cc1OC. The lowest BCUT2D eigenvalue weighted by Gasteiger charge is -2.07. The molecular formula is C14H13NO4S. The van der Waals surface area contributed by atoms with E-state index in [4.69, 9.17) is 14.6 Å². The number of benzene rings is 1. The van der Waals surface area contributed by atoms with Crippen LogP contribution in [0.4, 0.5) is 0 Å². The Kier molecular flexibility index (Phi) is 4.37. The van der Waals surface area contributed by atoms with Crippen LogP contribution >= 0.6 is 11.3 Å². The number of ether oxygens (including phenoxy) is 2. The molecule has 20 heavy (non-hydrogen) atoms. The molecule has 0 bridgehead atoms. The Hall–Kier alpha value is -2.34. The van der Waals surface area contributed by atoms with Crippen LogP contribution in [0.5, 0.6) is 11.5 Å². The second kappa shape index (κ2) is 6.21. The molecule has 0 saturated heterocycles. The number of carboxylic acid groups (broad SMARTS) is 1. The van der Waals surface area contributed by atoms with Gasteiger partial charge in [-0.25, -0.2) is 9.78 Å². The molecule has 0 fully saturated rings. The number of carbonyl (C=O) groups is 1. The molecule has 0 unspecified atom stereocenters. The van der Waals surface area contributed by atoms with E-state index in [0.29, 0.717) is 16.5 Å². The first kappa shape index (κ1) is 14.1. The zero-order valence-electron chi connectivity index (χ0n) is 11.0. The van der Waals surface area contributed by atoms with Crippen LogP contribution in [0.1, 0.15) is 20.2 Å². The molecule has 1 aromatic carbocycles. The van der Waals surface area contributed by atoms with E-state index in [2.05, 4.69) is 4.98 Å². The molecule has 2 rings (SSSR count). The Bertz CT molecular complexity index is 648. The molecule has 0 saturated carbocycles. The summed E-state index contributed by atoms with van der Waals surface area (Å²) in [6.45, 7) is 0. The van der Waals surface area contributed by atoms with E-state index in [1.807, 2.05) is 24.3 Å². The normalized spacial score (nSPS) is 10.7. The maximum absolute atomic E-state index is 10.8. The Balaban J connectivity index is 2.20. The Morgan fingerprint density at radius 2 is 2.00 bits per heavy atom. The summed E-state index contributed by atoms with van der Waals surface area (Å²) < 4.78 is 10.4. The van der Waals surface area contributed by atoms with Crippen molar-refractivity contribution in [2.75, 3.05) is 14.2 Å². The maximum atomic E-state index is 10.8. The summed E-state index contributed by atoms with van der Waals surface area (Å²) in [5, 5.41) is 9.46. The molecule has 0 atom stereocenters. The van der Waals surface area contributed by atoms with Gasteiger partial charge in [-0.3, -0.25) is 0 Å². The second-order valence-electron chi connectivity index (χ2n) is 3.82. The molecule has 1 N–H and O–H groups in total. The first-order chi connectivity index (χ1) is 9.63. The van der Waals surface area contributed by atoms with Gasteiger partial charge in [0, 0.05) is 0 Å². The number of thiazole rings is 1. The molecule has 0 aliphatic heterocycles. The number of rotatable bonds is 5. The van der Waals surface area contributed by atoms with Gasteiger partial charge in [-0.2, -0.15) is 0 Å². The van der Waals surface area contributed by atoms with Crippen LogP contribution < -0.4 is 9.47 Å². The highest BCUT2D eigenvalue weighted by Crippen LogP contribution is 2.28. The van der Waals surface area contributed by atoms with Crippen LogP contribution in [0.15, 0.2) is 24.4 Å². The fraction of sp³-hybridized carbons (Fsp3) is 0.143. The van der Waals surface area contributed by atoms with Crippen molar-refractivity contribution in [3.05, 3.63) is 39.8 Å². The molecular weight excluding hydrogens is 278 g/mol. The third-order valence-corrected chi connectivity index (χ3v) is 3.51. The molecule has 2 aromatic rings. The summed E-state index contributed by atoms with van der Waals surface area (Å²) >= 11 is 1.12. The van der Waals surface area contributed by atoms with E-state index < -0.39 is 5.97 Å². The van der Waals surface area contributed by atoms with Gasteiger partial charge in [-0.15, -0.1) is 11.3 Å². The predicted octanol–water partition coefficient (Wildman–Crippen LogP) is 3.03. The summed E-state index contributed by atoms with van der Waals surface area (Å²) in [5.74, 6) is 0.334. The third kappa shape index (κ3) is 3.16. The standard InChI is InChI=1S/C14H13NO4S/c1-18-10-5-3-9(7-11(10)19-2)4-6-13-15-8-12(20-13)14(16)17/h3-8H,1-2H3,(H,16,17). The number of aromatic nitrogens is 1. The van der Waals surface area contributed by atoms with Crippen molar-refractivity contribution >= 4 is 29.5 Å². The number of carboxylic acids is 1. The van der Waals surface area contributed by atoms with Gasteiger partial charge >= 0.3 is 5.97 Å². The van der Waals surface area contributed by atoms with Gasteiger partial charge < -0.3 is 14.6 Å². The van der Waals surface area contributed by atoms with Gasteiger partial charge in [0.25, 0.3) is 0 Å². The van der Waals surface area contributed by atoms with E-state index in [9.17, 15) is 4.79 Å². The third-order valence-electron chi connectivity index (χ3n) is 2.56. The Morgan fingerprint density at radius 3 is 2.60 bits per heavy atom. The van der Waals surface area contributed by atoms with Crippen molar-refractivity contribution in [1.82, 2.24) is 4.98 Å². The second-order valence-corrected chi connectivity index (χ2v) is 4.88. The minimum atomic E-state index is -0.965. The van der Waals surface area contributed by atoms with Crippen LogP contribution in [0, 0.1) is 0 Å². The zero-order valence-corrected chi connectivity index (χ0v) is 11.8. The van der Waals surface area contributed by atoms with Crippen molar-refractivity contribution in [2.24, 2.45) is 0 Å². The van der Waals surface area contributed by atoms with Crippen molar-refractivity contribution < 1.29 is 19.4 Å². The molecule has 5 nitrogen and oxygen atoms in total. The van der Waals surface area contributed by atoms with Crippen molar-refractivity contribution in [1.29, 1.82) is 0 Å². The molecule has 0 aliphatic carbocycles. The molecule has 0 aliphatic rings. The lowest BCUT2D eigenvalue weighted by Crippen LogP contribution is -1.90. The summed E-state index contributed by atoms with van der Waals surface area (Å²) in [6, 6.07) is 5.52. The monoisotopic (exact) mass is 291 g/mol. The summed E-state index contributed by atoms with van der Waals surface area (Å²) in [7, 11) is 3.15. The highest BCUT2D eigenvalue weighted by Gasteiger charge is 2.06. The van der Waals surface area contributed by atoms with Crippen LogP contribution in [-0.4, -0.2) is 30.3 Å². The van der Waals surface area contributed by atoms with Crippen LogP contribution in [0.25, 0.3) is 12.2 Å². The summed E-state index contributed by atoms with van der Waals surface area (Å²) in [6.07, 6.45) is 4.95. The molecule has 1 aromatic heterocycles. The zero-order chi connectivity index (χ0) is 14.5. The fourth-order valence-corrected chi connectivity index (χ4v) is 2.25. The first-order valence-corrected chi connectivity index (χ1v) is 6.55. The van der Waals surface area contributed by atoms with Crippen molar-refractivity contribution in [3.63, 3.8) is 0 Å². The van der Waals surface area contributed by atoms with E-state index in [-0.39, 0.29) is 4.88 Å². The smallest absolute Gasteiger partial charge is 0.347 e. The number of aromatic carboxylic acids is 1. The quantitative estimate of drug-likeness (QED) is 0.917. The predicted molar refractivity (Wildman–Crippen MR) is 77.5 cm³/mol. The summed E-state index contributed by atoms with van der Waals surface area (Å²) in [4.78, 5) is 15.0. The highest BCUT2D eigenvalue weighted by molar-refractivity contribution is 7.14. The van der Waals surface area contributed by atoms with E-state index in [1.54, 1.807) is 20.3 Å². The lowest BCUT2D eigenvalue weighted by atomic mass is 10.2. The van der Waals surface area contributed by atoms with Crippen LogP contribution in [-0.2, 0) is 0 Å². The Labute approximate surface area is 120 Å². The Morgan fingerprint density at radius 1 is 1.25 bits per heavy atom. The van der Waals surface area contributed by atoms with Gasteiger partial charge in [0.1, 0.15) is 9.88 Å². The highest BCUT2D eigenvalue weighted by atomic mass is 32.1. The minimum absolute atomic E-state index is 0.219. The van der Waals surface area contributed by atoms with Gasteiger partial charge in [-0.05, 0) is 23.8 Å². The van der Waals surface area contributed by atoms with Crippen LogP contribution in [0.2, 0.25) is 0 Å². The average Bonchev–Trinajstić information content (AvgIpc) is 2.94. The van der Waals surface area contributed by atoms with Crippen molar-refractivity contribution in [2.45, 2.75) is 0 Å². The lowest BCUT2D eigenvalue weighted by molar-refractivity contribution is 0.0702. The van der Waals surface area contributed by atoms with E-state index in [1.165, 1.54) is 6.20 Å². The molecule has 1 heterocycles. The molecule has 104 valence electrons. The van der Waals surface area contributed by atoms with Crippen molar-refractivity contribution in [3.8, 4) is 11.5 Å². The van der Waals surface area contributed by atoms with Gasteiger partial charge in [-0.1, -0.05) is 12.1 Å². The molecule has 6 heteroatoms. The summed E-state index contributed by atoms with van der Waals surface area (Å²) in [5.41, 5.74) is 0.912. The molecule has 0 radical (unpaired) electrons. The number of nitrogens with zero attached hydrogens (tertiary/aromatic N) is 1. The van der Waals surface area contributed by atoms with E-state index >= 15 is 0 Å². The van der Waals surface area contributed by atoms with Gasteiger partial charge in [0.05, 0.1) is 20.4 Å². The maximum Gasteiger partial charge on any atom is 0.347 e. The molecule has 0 spiro atoms. The van der Waals surface area contributed by atoms with E-state index in [0.717, 1.165) is 16.9 Å². The number of hydrogen-bond donors (Lipinski definition) is 1. The van der Waals surface area contributed by atoms with Gasteiger partial charge in [0.2, 0.25) is 0 Å². The minimum Gasteiger partial charge on any atom is -0.493 e. The topological polar surface area (TPSA) is 68.7 Å². The largest absolute Gasteiger partial charge is 0.493 e. The number of hydrogen-bond acceptors (Lipinski definition) is 5. The van der Waals surface area contributed by atoms with Gasteiger partial charge in [0.15, 0.2) is 11.5 Å². The fourth-order valence-electron chi connectivity index (χ4n) is 1.59. The molecule has 0 amide bonds.